The molecule has 1 saturated heterocycles. The largest absolute Gasteiger partial charge is 0.495 e. The fourth-order valence-electron chi connectivity index (χ4n) is 4.01. The minimum Gasteiger partial charge on any atom is -0.495 e. The predicted molar refractivity (Wildman–Crippen MR) is 140 cm³/mol. The number of fused-ring (bicyclic) bond motifs is 1. The molecule has 1 fully saturated rings. The van der Waals surface area contributed by atoms with E-state index in [4.69, 9.17) is 39.5 Å². The van der Waals surface area contributed by atoms with E-state index in [0.29, 0.717) is 41.7 Å². The van der Waals surface area contributed by atoms with Gasteiger partial charge in [0.05, 0.1) is 23.2 Å². The lowest BCUT2D eigenvalue weighted by molar-refractivity contribution is -0.130. The Morgan fingerprint density at radius 3 is 2.37 bits per heavy atom. The highest BCUT2D eigenvalue weighted by Crippen LogP contribution is 2.35. The molecule has 0 atom stereocenters. The van der Waals surface area contributed by atoms with Crippen molar-refractivity contribution < 1.29 is 22.7 Å². The molecule has 0 saturated carbocycles. The zero-order valence-corrected chi connectivity index (χ0v) is 22.9. The number of methoxy groups -OCH3 is 1. The summed E-state index contributed by atoms with van der Waals surface area (Å²) in [5.74, 6) is -0.137. The monoisotopic (exact) mass is 621 g/mol. The van der Waals surface area contributed by atoms with E-state index in [1.807, 2.05) is 4.90 Å². The molecule has 186 valence electrons. The lowest BCUT2D eigenvalue weighted by Crippen LogP contribution is -2.51. The number of aromatic nitrogens is 1. The maximum atomic E-state index is 13.6. The molecule has 0 aliphatic carbocycles. The Bertz CT molecular complexity index is 1410. The van der Waals surface area contributed by atoms with E-state index >= 15 is 0 Å². The van der Waals surface area contributed by atoms with Crippen LogP contribution in [0.15, 0.2) is 52.0 Å². The van der Waals surface area contributed by atoms with Gasteiger partial charge in [-0.3, -0.25) is 9.59 Å². The summed E-state index contributed by atoms with van der Waals surface area (Å²) >= 11 is 20.5. The molecule has 1 aliphatic rings. The van der Waals surface area contributed by atoms with E-state index < -0.39 is 19.7 Å². The standard InChI is InChI=1S/C22H19BrCl3N3O5S/c1-34-20-5-3-16(11-19(20)27-6-8-28(9-7-27)21(31)22(24,25)26)35(32,33)29-12-14(13-30)17-10-15(23)2-4-18(17)29/h2-5,10-13H,6-9H2,1H3. The molecule has 4 rings (SSSR count). The van der Waals surface area contributed by atoms with Crippen LogP contribution < -0.4 is 9.64 Å². The zero-order chi connectivity index (χ0) is 25.5. The Labute approximate surface area is 225 Å². The number of carbonyl (C=O) groups excluding carboxylic acids is 2. The first-order valence-electron chi connectivity index (χ1n) is 10.3. The van der Waals surface area contributed by atoms with Crippen LogP contribution >= 0.6 is 50.7 Å². The second-order valence-electron chi connectivity index (χ2n) is 7.78. The summed E-state index contributed by atoms with van der Waals surface area (Å²) in [5, 5.41) is 0.515. The third kappa shape index (κ3) is 4.99. The lowest BCUT2D eigenvalue weighted by Gasteiger charge is -2.37. The molecule has 2 heterocycles. The third-order valence-corrected chi connectivity index (χ3v) is 8.40. The number of amides is 1. The average molecular weight is 624 g/mol. The normalized spacial score (nSPS) is 14.9. The number of alkyl halides is 3. The Hall–Kier alpha value is -1.98. The van der Waals surface area contributed by atoms with Crippen LogP contribution in [0.1, 0.15) is 10.4 Å². The first-order chi connectivity index (χ1) is 16.5. The van der Waals surface area contributed by atoms with Crippen molar-refractivity contribution in [2.75, 3.05) is 38.2 Å². The second-order valence-corrected chi connectivity index (χ2v) is 12.8. The van der Waals surface area contributed by atoms with Crippen molar-refractivity contribution in [3.05, 3.63) is 52.6 Å². The summed E-state index contributed by atoms with van der Waals surface area (Å²) in [5.41, 5.74) is 1.18. The fraction of sp³-hybridized carbons (Fsp3) is 0.273. The topological polar surface area (TPSA) is 88.9 Å². The van der Waals surface area contributed by atoms with Crippen LogP contribution in [0, 0.1) is 0 Å². The third-order valence-electron chi connectivity index (χ3n) is 5.75. The molecule has 0 N–H and O–H groups in total. The van der Waals surface area contributed by atoms with Gasteiger partial charge in [0.25, 0.3) is 19.7 Å². The van der Waals surface area contributed by atoms with Crippen LogP contribution in [0.3, 0.4) is 0 Å². The zero-order valence-electron chi connectivity index (χ0n) is 18.3. The number of halogens is 4. The second kappa shape index (κ2) is 9.82. The van der Waals surface area contributed by atoms with Gasteiger partial charge in [-0.25, -0.2) is 12.4 Å². The van der Waals surface area contributed by atoms with Crippen LogP contribution in [0.25, 0.3) is 10.9 Å². The van der Waals surface area contributed by atoms with Crippen molar-refractivity contribution in [3.8, 4) is 5.75 Å². The van der Waals surface area contributed by atoms with E-state index in [1.165, 1.54) is 30.3 Å². The minimum atomic E-state index is -4.05. The molecule has 1 aliphatic heterocycles. The van der Waals surface area contributed by atoms with Crippen molar-refractivity contribution in [1.82, 2.24) is 8.87 Å². The van der Waals surface area contributed by atoms with Crippen LogP contribution in [0.4, 0.5) is 5.69 Å². The Morgan fingerprint density at radius 2 is 1.77 bits per heavy atom. The number of carbonyl (C=O) groups is 2. The van der Waals surface area contributed by atoms with Crippen molar-refractivity contribution in [2.45, 2.75) is 8.69 Å². The number of hydrogen-bond acceptors (Lipinski definition) is 6. The Balaban J connectivity index is 1.70. The van der Waals surface area contributed by atoms with Crippen LogP contribution in [-0.2, 0) is 14.8 Å². The molecule has 0 radical (unpaired) electrons. The number of rotatable bonds is 5. The highest BCUT2D eigenvalue weighted by molar-refractivity contribution is 9.10. The van der Waals surface area contributed by atoms with Crippen LogP contribution in [0.5, 0.6) is 5.75 Å². The van der Waals surface area contributed by atoms with E-state index in [9.17, 15) is 18.0 Å². The number of hydrogen-bond donors (Lipinski definition) is 0. The summed E-state index contributed by atoms with van der Waals surface area (Å²) in [6, 6.07) is 9.58. The summed E-state index contributed by atoms with van der Waals surface area (Å²) < 4.78 is 32.5. The van der Waals surface area contributed by atoms with Gasteiger partial charge in [-0.05, 0) is 36.4 Å². The van der Waals surface area contributed by atoms with Crippen molar-refractivity contribution in [1.29, 1.82) is 0 Å². The van der Waals surface area contributed by atoms with Gasteiger partial charge >= 0.3 is 0 Å². The van der Waals surface area contributed by atoms with E-state index in [2.05, 4.69) is 15.9 Å². The highest BCUT2D eigenvalue weighted by Gasteiger charge is 2.37. The van der Waals surface area contributed by atoms with Crippen molar-refractivity contribution in [3.63, 3.8) is 0 Å². The van der Waals surface area contributed by atoms with Gasteiger partial charge < -0.3 is 14.5 Å². The van der Waals surface area contributed by atoms with E-state index in [1.54, 1.807) is 24.3 Å². The quantitative estimate of drug-likeness (QED) is 0.308. The van der Waals surface area contributed by atoms with Gasteiger partial charge in [0.2, 0.25) is 0 Å². The molecule has 0 bridgehead atoms. The summed E-state index contributed by atoms with van der Waals surface area (Å²) in [6.45, 7) is 1.32. The number of ether oxygens (including phenoxy) is 1. The Kier molecular flexibility index (Phi) is 7.32. The highest BCUT2D eigenvalue weighted by atomic mass is 79.9. The molecule has 3 aromatic rings. The van der Waals surface area contributed by atoms with Crippen LogP contribution in [-0.4, -0.2) is 66.6 Å². The molecule has 0 spiro atoms. The molecular weight excluding hydrogens is 605 g/mol. The van der Waals surface area contributed by atoms with Gasteiger partial charge in [-0.2, -0.15) is 0 Å². The van der Waals surface area contributed by atoms with Gasteiger partial charge in [-0.1, -0.05) is 50.7 Å². The molecule has 1 amide bonds. The number of piperazine rings is 1. The van der Waals surface area contributed by atoms with Crippen molar-refractivity contribution in [2.24, 2.45) is 0 Å². The van der Waals surface area contributed by atoms with Gasteiger partial charge in [-0.15, -0.1) is 0 Å². The number of anilines is 1. The molecule has 1 aromatic heterocycles. The molecule has 13 heteroatoms. The maximum Gasteiger partial charge on any atom is 0.274 e. The Morgan fingerprint density at radius 1 is 1.09 bits per heavy atom. The van der Waals surface area contributed by atoms with E-state index in [-0.39, 0.29) is 23.5 Å². The first-order valence-corrected chi connectivity index (χ1v) is 13.6. The number of aldehydes is 1. The summed E-state index contributed by atoms with van der Waals surface area (Å²) in [6.07, 6.45) is 1.93. The molecule has 2 aromatic carbocycles. The first kappa shape index (κ1) is 26.1. The predicted octanol–water partition coefficient (Wildman–Crippen LogP) is 4.48. The smallest absolute Gasteiger partial charge is 0.274 e. The SMILES string of the molecule is COc1ccc(S(=O)(=O)n2cc(C=O)c3cc(Br)ccc32)cc1N1CCN(C(=O)C(Cl)(Cl)Cl)CC1. The number of nitrogens with zero attached hydrogens (tertiary/aromatic N) is 3. The van der Waals surface area contributed by atoms with Gasteiger partial charge in [0.15, 0.2) is 6.29 Å². The molecule has 35 heavy (non-hydrogen) atoms. The summed E-state index contributed by atoms with van der Waals surface area (Å²) in [4.78, 5) is 27.2. The van der Waals surface area contributed by atoms with Crippen LogP contribution in [0.2, 0.25) is 0 Å². The fourth-order valence-corrected chi connectivity index (χ4v) is 6.13. The summed E-state index contributed by atoms with van der Waals surface area (Å²) in [7, 11) is -2.56. The lowest BCUT2D eigenvalue weighted by atomic mass is 10.2. The molecule has 8 nitrogen and oxygen atoms in total. The van der Waals surface area contributed by atoms with Crippen molar-refractivity contribution >= 4 is 89.5 Å². The van der Waals surface area contributed by atoms with Gasteiger partial charge in [0, 0.05) is 47.8 Å². The van der Waals surface area contributed by atoms with Gasteiger partial charge in [0.1, 0.15) is 5.75 Å². The maximum absolute atomic E-state index is 13.6. The number of benzene rings is 2. The average Bonchev–Trinajstić information content (AvgIpc) is 3.21. The molecular formula is C22H19BrCl3N3O5S. The molecule has 0 unspecified atom stereocenters. The minimum absolute atomic E-state index is 0.0189. The van der Waals surface area contributed by atoms with E-state index in [0.717, 1.165) is 8.45 Å².